The van der Waals surface area contributed by atoms with E-state index in [-0.39, 0.29) is 5.91 Å². The highest BCUT2D eigenvalue weighted by Crippen LogP contribution is 2.29. The fraction of sp³-hybridized carbons (Fsp3) is 0.259. The number of ether oxygens (including phenoxy) is 2. The van der Waals surface area contributed by atoms with Crippen molar-refractivity contribution < 1.29 is 14.3 Å². The number of nitrogens with one attached hydrogen (secondary N) is 2. The summed E-state index contributed by atoms with van der Waals surface area (Å²) in [5, 5.41) is 19.2. The SMILES string of the molecule is CCOc1ccc(C(=O)Nc2ccc(Nc3ccc(-n4nc(C)c(C)c4C)nn3)cc2)cc1OCC. The summed E-state index contributed by atoms with van der Waals surface area (Å²) in [6.45, 7) is 10.8. The number of nitrogens with zero attached hydrogens (tertiary/aromatic N) is 4. The van der Waals surface area contributed by atoms with Crippen LogP contribution in [0.1, 0.15) is 41.2 Å². The maximum Gasteiger partial charge on any atom is 0.255 e. The fourth-order valence-electron chi connectivity index (χ4n) is 3.63. The highest BCUT2D eigenvalue weighted by Gasteiger charge is 2.13. The Morgan fingerprint density at radius 1 is 0.861 bits per heavy atom. The normalized spacial score (nSPS) is 10.7. The minimum atomic E-state index is -0.236. The van der Waals surface area contributed by atoms with Gasteiger partial charge in [0.25, 0.3) is 5.91 Å². The molecule has 36 heavy (non-hydrogen) atoms. The van der Waals surface area contributed by atoms with Crippen molar-refractivity contribution in [3.05, 3.63) is 77.1 Å². The quantitative estimate of drug-likeness (QED) is 0.327. The van der Waals surface area contributed by atoms with Gasteiger partial charge in [-0.25, -0.2) is 4.68 Å². The maximum atomic E-state index is 12.8. The van der Waals surface area contributed by atoms with Gasteiger partial charge in [-0.05, 0) is 94.8 Å². The molecule has 186 valence electrons. The third kappa shape index (κ3) is 5.46. The van der Waals surface area contributed by atoms with Gasteiger partial charge in [0.15, 0.2) is 23.1 Å². The highest BCUT2D eigenvalue weighted by molar-refractivity contribution is 6.04. The van der Waals surface area contributed by atoms with E-state index in [0.717, 1.165) is 22.6 Å². The van der Waals surface area contributed by atoms with Gasteiger partial charge < -0.3 is 20.1 Å². The number of hydrogen-bond donors (Lipinski definition) is 2. The summed E-state index contributed by atoms with van der Waals surface area (Å²) in [5.41, 5.74) is 5.12. The Balaban J connectivity index is 1.40. The highest BCUT2D eigenvalue weighted by atomic mass is 16.5. The number of aromatic nitrogens is 4. The van der Waals surface area contributed by atoms with Crippen molar-refractivity contribution in [2.75, 3.05) is 23.8 Å². The molecular formula is C27H30N6O3. The number of benzene rings is 2. The monoisotopic (exact) mass is 486 g/mol. The van der Waals surface area contributed by atoms with Crippen LogP contribution in [0.25, 0.3) is 5.82 Å². The second-order valence-corrected chi connectivity index (χ2v) is 8.17. The Hall–Kier alpha value is -4.40. The molecule has 2 aromatic carbocycles. The maximum absolute atomic E-state index is 12.8. The van der Waals surface area contributed by atoms with Crippen LogP contribution in [-0.2, 0) is 0 Å². The Bertz CT molecular complexity index is 1350. The van der Waals surface area contributed by atoms with Crippen LogP contribution >= 0.6 is 0 Å². The van der Waals surface area contributed by atoms with Gasteiger partial charge in [-0.15, -0.1) is 10.2 Å². The molecule has 0 aliphatic heterocycles. The molecule has 0 aliphatic carbocycles. The van der Waals surface area contributed by atoms with Gasteiger partial charge in [0.05, 0.1) is 18.9 Å². The van der Waals surface area contributed by atoms with E-state index < -0.39 is 0 Å². The first-order valence-electron chi connectivity index (χ1n) is 11.8. The van der Waals surface area contributed by atoms with Crippen molar-refractivity contribution in [3.8, 4) is 17.3 Å². The molecule has 0 spiro atoms. The lowest BCUT2D eigenvalue weighted by Crippen LogP contribution is -2.12. The lowest BCUT2D eigenvalue weighted by molar-refractivity contribution is 0.102. The zero-order chi connectivity index (χ0) is 25.7. The van der Waals surface area contributed by atoms with Crippen molar-refractivity contribution in [2.45, 2.75) is 34.6 Å². The molecule has 9 nitrogen and oxygen atoms in total. The van der Waals surface area contributed by atoms with Gasteiger partial charge in [-0.2, -0.15) is 5.10 Å². The molecule has 0 atom stereocenters. The van der Waals surface area contributed by atoms with Crippen LogP contribution in [0.15, 0.2) is 54.6 Å². The molecule has 0 radical (unpaired) electrons. The van der Waals surface area contributed by atoms with Gasteiger partial charge in [0.2, 0.25) is 0 Å². The zero-order valence-electron chi connectivity index (χ0n) is 21.1. The largest absolute Gasteiger partial charge is 0.490 e. The van der Waals surface area contributed by atoms with Crippen LogP contribution < -0.4 is 20.1 Å². The molecule has 0 fully saturated rings. The Labute approximate surface area is 210 Å². The third-order valence-corrected chi connectivity index (χ3v) is 5.74. The predicted octanol–water partition coefficient (Wildman–Crippen LogP) is 5.38. The van der Waals surface area contributed by atoms with Crippen molar-refractivity contribution >= 4 is 23.1 Å². The molecule has 0 unspecified atom stereocenters. The van der Waals surface area contributed by atoms with Crippen molar-refractivity contribution in [3.63, 3.8) is 0 Å². The van der Waals surface area contributed by atoms with Crippen LogP contribution in [0.4, 0.5) is 17.2 Å². The summed E-state index contributed by atoms with van der Waals surface area (Å²) in [6.07, 6.45) is 0. The van der Waals surface area contributed by atoms with E-state index in [9.17, 15) is 4.79 Å². The average molecular weight is 487 g/mol. The fourth-order valence-corrected chi connectivity index (χ4v) is 3.63. The van der Waals surface area contributed by atoms with E-state index in [0.29, 0.717) is 47.6 Å². The Kier molecular flexibility index (Phi) is 7.48. The lowest BCUT2D eigenvalue weighted by atomic mass is 10.1. The van der Waals surface area contributed by atoms with E-state index in [2.05, 4.69) is 25.9 Å². The summed E-state index contributed by atoms with van der Waals surface area (Å²) in [4.78, 5) is 12.8. The number of aryl methyl sites for hydroxylation is 1. The molecule has 2 aromatic heterocycles. The van der Waals surface area contributed by atoms with Crippen LogP contribution in [0.5, 0.6) is 11.5 Å². The molecule has 0 saturated carbocycles. The van der Waals surface area contributed by atoms with E-state index in [1.807, 2.05) is 71.0 Å². The molecule has 0 saturated heterocycles. The smallest absolute Gasteiger partial charge is 0.255 e. The molecule has 0 bridgehead atoms. The van der Waals surface area contributed by atoms with Crippen LogP contribution in [0.3, 0.4) is 0 Å². The van der Waals surface area contributed by atoms with Crippen LogP contribution in [0, 0.1) is 20.8 Å². The molecule has 0 aliphatic rings. The van der Waals surface area contributed by atoms with Crippen molar-refractivity contribution in [2.24, 2.45) is 0 Å². The summed E-state index contributed by atoms with van der Waals surface area (Å²) in [6, 6.07) is 16.2. The second-order valence-electron chi connectivity index (χ2n) is 8.17. The summed E-state index contributed by atoms with van der Waals surface area (Å²) in [5.74, 6) is 2.19. The number of amides is 1. The second kappa shape index (κ2) is 10.9. The van der Waals surface area contributed by atoms with Gasteiger partial charge in [0.1, 0.15) is 0 Å². The number of rotatable bonds is 9. The first kappa shape index (κ1) is 24.7. The Morgan fingerprint density at radius 3 is 2.17 bits per heavy atom. The van der Waals surface area contributed by atoms with Gasteiger partial charge in [0, 0.05) is 22.6 Å². The number of hydrogen-bond acceptors (Lipinski definition) is 7. The van der Waals surface area contributed by atoms with Gasteiger partial charge >= 0.3 is 0 Å². The number of carbonyl (C=O) groups excluding carboxylic acids is 1. The first-order chi connectivity index (χ1) is 17.4. The first-order valence-corrected chi connectivity index (χ1v) is 11.8. The molecule has 4 rings (SSSR count). The summed E-state index contributed by atoms with van der Waals surface area (Å²) < 4.78 is 13.0. The standard InChI is InChI=1S/C27H30N6O3/c1-6-35-23-13-8-20(16-24(23)36-7-2)27(34)29-22-11-9-21(10-12-22)28-25-14-15-26(31-30-25)33-19(5)17(3)18(4)32-33/h8-16H,6-7H2,1-5H3,(H,28,30)(H,29,34). The minimum absolute atomic E-state index is 0.236. The van der Waals surface area contributed by atoms with Gasteiger partial charge in [-0.3, -0.25) is 4.79 Å². The van der Waals surface area contributed by atoms with Gasteiger partial charge in [-0.1, -0.05) is 0 Å². The molecule has 1 amide bonds. The molecule has 2 N–H and O–H groups in total. The van der Waals surface area contributed by atoms with E-state index in [1.54, 1.807) is 22.9 Å². The third-order valence-electron chi connectivity index (χ3n) is 5.74. The van der Waals surface area contributed by atoms with Crippen LogP contribution in [0.2, 0.25) is 0 Å². The molecule has 9 heteroatoms. The average Bonchev–Trinajstić information content (AvgIpc) is 3.14. The topological polar surface area (TPSA) is 103 Å². The molecular weight excluding hydrogens is 456 g/mol. The van der Waals surface area contributed by atoms with E-state index in [4.69, 9.17) is 9.47 Å². The number of anilines is 3. The predicted molar refractivity (Wildman–Crippen MR) is 140 cm³/mol. The molecule has 4 aromatic rings. The number of carbonyl (C=O) groups is 1. The van der Waals surface area contributed by atoms with Crippen molar-refractivity contribution in [1.29, 1.82) is 0 Å². The minimum Gasteiger partial charge on any atom is -0.490 e. The van der Waals surface area contributed by atoms with Crippen molar-refractivity contribution in [1.82, 2.24) is 20.0 Å². The summed E-state index contributed by atoms with van der Waals surface area (Å²) >= 11 is 0. The van der Waals surface area contributed by atoms with Crippen LogP contribution in [-0.4, -0.2) is 39.1 Å². The van der Waals surface area contributed by atoms with E-state index in [1.165, 1.54) is 0 Å². The molecule has 2 heterocycles. The summed E-state index contributed by atoms with van der Waals surface area (Å²) in [7, 11) is 0. The van der Waals surface area contributed by atoms with E-state index >= 15 is 0 Å². The lowest BCUT2D eigenvalue weighted by Gasteiger charge is -2.13. The Morgan fingerprint density at radius 2 is 1.56 bits per heavy atom. The zero-order valence-corrected chi connectivity index (χ0v) is 21.1.